The number of benzene rings is 3. The molecule has 3 aromatic heterocycles. The average molecular weight is 652 g/mol. The van der Waals surface area contributed by atoms with Crippen LogP contribution in [0.4, 0.5) is 14.5 Å². The van der Waals surface area contributed by atoms with Crippen LogP contribution in [0.5, 0.6) is 0 Å². The van der Waals surface area contributed by atoms with Crippen molar-refractivity contribution in [3.8, 4) is 22.3 Å². The van der Waals surface area contributed by atoms with Gasteiger partial charge in [0, 0.05) is 42.3 Å². The molecule has 1 aliphatic rings. The van der Waals surface area contributed by atoms with Gasteiger partial charge < -0.3 is 10.2 Å². The van der Waals surface area contributed by atoms with Crippen molar-refractivity contribution in [2.45, 2.75) is 39.0 Å². The molecule has 47 heavy (non-hydrogen) atoms. The summed E-state index contributed by atoms with van der Waals surface area (Å²) in [7, 11) is 0. The Balaban J connectivity index is 1.12. The Labute approximate surface area is 271 Å². The number of hydrogen-bond donors (Lipinski definition) is 1. The number of thiazole rings is 1. The Morgan fingerprint density at radius 3 is 2.57 bits per heavy atom. The number of nitrogens with one attached hydrogen (secondary N) is 1. The van der Waals surface area contributed by atoms with Crippen molar-refractivity contribution in [1.29, 1.82) is 0 Å². The van der Waals surface area contributed by atoms with E-state index in [4.69, 9.17) is 0 Å². The predicted molar refractivity (Wildman–Crippen MR) is 174 cm³/mol. The predicted octanol–water partition coefficient (Wildman–Crippen LogP) is 6.00. The molecular weight excluding hydrogens is 624 g/mol. The van der Waals surface area contributed by atoms with Crippen LogP contribution in [0.1, 0.15) is 29.7 Å². The molecule has 2 atom stereocenters. The van der Waals surface area contributed by atoms with Crippen molar-refractivity contribution in [3.63, 3.8) is 0 Å². The molecule has 0 radical (unpaired) electrons. The monoisotopic (exact) mass is 651 g/mol. The number of anilines is 1. The number of ketones is 1. The van der Waals surface area contributed by atoms with Gasteiger partial charge in [-0.2, -0.15) is 5.10 Å². The molecule has 1 saturated heterocycles. The molecule has 1 N–H and O–H groups in total. The second-order valence-corrected chi connectivity index (χ2v) is 12.3. The summed E-state index contributed by atoms with van der Waals surface area (Å²) < 4.78 is 32.8. The van der Waals surface area contributed by atoms with Gasteiger partial charge in [0.1, 0.15) is 30.3 Å². The fourth-order valence-corrected chi connectivity index (χ4v) is 6.56. The molecule has 1 aliphatic heterocycles. The summed E-state index contributed by atoms with van der Waals surface area (Å²) in [5, 5.41) is 7.52. The van der Waals surface area contributed by atoms with Crippen LogP contribution in [-0.4, -0.2) is 66.0 Å². The Morgan fingerprint density at radius 2 is 1.79 bits per heavy atom. The highest BCUT2D eigenvalue weighted by Crippen LogP contribution is 2.32. The van der Waals surface area contributed by atoms with Crippen LogP contribution in [0.2, 0.25) is 0 Å². The number of carbonyl (C=O) groups excluding carboxylic acids is 3. The summed E-state index contributed by atoms with van der Waals surface area (Å²) in [4.78, 5) is 53.5. The molecular formula is C34H27F2N7O3S. The van der Waals surface area contributed by atoms with Crippen molar-refractivity contribution in [1.82, 2.24) is 29.6 Å². The van der Waals surface area contributed by atoms with Gasteiger partial charge in [-0.3, -0.25) is 19.1 Å². The van der Waals surface area contributed by atoms with Gasteiger partial charge in [-0.25, -0.2) is 23.7 Å². The highest BCUT2D eigenvalue weighted by Gasteiger charge is 2.40. The zero-order chi connectivity index (χ0) is 32.8. The Morgan fingerprint density at radius 1 is 1.00 bits per heavy atom. The smallest absolute Gasteiger partial charge is 0.247 e. The van der Waals surface area contributed by atoms with Gasteiger partial charge in [0.15, 0.2) is 11.6 Å². The van der Waals surface area contributed by atoms with E-state index in [0.717, 1.165) is 26.2 Å². The highest BCUT2D eigenvalue weighted by atomic mass is 32.1. The van der Waals surface area contributed by atoms with Crippen molar-refractivity contribution in [2.75, 3.05) is 11.9 Å². The zero-order valence-corrected chi connectivity index (χ0v) is 26.1. The Bertz CT molecular complexity index is 2200. The lowest BCUT2D eigenvalue weighted by atomic mass is 10.0. The first-order chi connectivity index (χ1) is 22.7. The fourth-order valence-electron chi connectivity index (χ4n) is 5.90. The Hall–Kier alpha value is -5.43. The molecule has 2 amide bonds. The number of rotatable bonds is 7. The summed E-state index contributed by atoms with van der Waals surface area (Å²) in [5.74, 6) is -1.59. The van der Waals surface area contributed by atoms with Crippen LogP contribution in [0.15, 0.2) is 72.5 Å². The first-order valence-electron chi connectivity index (χ1n) is 14.8. The van der Waals surface area contributed by atoms with Crippen LogP contribution < -0.4 is 5.32 Å². The van der Waals surface area contributed by atoms with Gasteiger partial charge >= 0.3 is 0 Å². The number of aromatic nitrogens is 5. The third kappa shape index (κ3) is 5.74. The third-order valence-corrected chi connectivity index (χ3v) is 9.06. The first kappa shape index (κ1) is 30.2. The first-order valence-corrected chi connectivity index (χ1v) is 15.7. The molecule has 0 aliphatic carbocycles. The minimum Gasteiger partial charge on any atom is -0.326 e. The van der Waals surface area contributed by atoms with E-state index in [1.54, 1.807) is 61.2 Å². The molecule has 3 aromatic carbocycles. The molecule has 10 nitrogen and oxygen atoms in total. The van der Waals surface area contributed by atoms with E-state index in [9.17, 15) is 18.8 Å². The van der Waals surface area contributed by atoms with Crippen LogP contribution in [-0.2, 0) is 16.1 Å². The standard InChI is InChI=1S/C34H27F2N7O3S/c1-18(44)33-25-10-20(22-13-37-19(2)38-14-22)6-8-28(25)43(41-33)16-31(45)42-15-23(35)12-29(42)34(46)40-26-5-3-4-24(32(26)36)21-7-9-30-27(11-21)39-17-47-30/h3-11,13-14,17,23,29H,12,15-16H2,1-2H3,(H,40,46)/t23-,29+/m1/s1. The van der Waals surface area contributed by atoms with Gasteiger partial charge in [-0.1, -0.05) is 24.3 Å². The maximum absolute atomic E-state index is 15.7. The highest BCUT2D eigenvalue weighted by molar-refractivity contribution is 7.16. The molecule has 13 heteroatoms. The van der Waals surface area contributed by atoms with E-state index in [2.05, 4.69) is 25.4 Å². The van der Waals surface area contributed by atoms with Gasteiger partial charge in [0.05, 0.1) is 33.5 Å². The molecule has 0 bridgehead atoms. The quantitative estimate of drug-likeness (QED) is 0.210. The van der Waals surface area contributed by atoms with E-state index in [0.29, 0.717) is 22.3 Å². The number of alkyl halides is 1. The topological polar surface area (TPSA) is 123 Å². The summed E-state index contributed by atoms with van der Waals surface area (Å²) in [6.07, 6.45) is 1.68. The van der Waals surface area contributed by atoms with E-state index in [1.165, 1.54) is 29.0 Å². The minimum atomic E-state index is -1.45. The number of nitrogens with zero attached hydrogens (tertiary/aromatic N) is 6. The number of likely N-dealkylation sites (tertiary alicyclic amines) is 1. The molecule has 0 saturated carbocycles. The van der Waals surface area contributed by atoms with Gasteiger partial charge in [0.25, 0.3) is 0 Å². The number of Topliss-reactive ketones (excluding diaryl/α,β-unsaturated/α-hetero) is 1. The second kappa shape index (κ2) is 12.1. The maximum atomic E-state index is 15.7. The number of aryl methyl sites for hydroxylation is 1. The molecule has 6 aromatic rings. The van der Waals surface area contributed by atoms with Crippen LogP contribution in [0, 0.1) is 12.7 Å². The Kier molecular flexibility index (Phi) is 7.76. The molecule has 0 unspecified atom stereocenters. The van der Waals surface area contributed by atoms with Gasteiger partial charge in [-0.05, 0) is 48.4 Å². The van der Waals surface area contributed by atoms with Crippen LogP contribution >= 0.6 is 11.3 Å². The van der Waals surface area contributed by atoms with Crippen LogP contribution in [0.3, 0.4) is 0 Å². The maximum Gasteiger partial charge on any atom is 0.247 e. The van der Waals surface area contributed by atoms with Gasteiger partial charge in [0.2, 0.25) is 11.8 Å². The number of fused-ring (bicyclic) bond motifs is 2. The number of halogens is 2. The van der Waals surface area contributed by atoms with E-state index >= 15 is 4.39 Å². The second-order valence-electron chi connectivity index (χ2n) is 11.4. The molecule has 7 rings (SSSR count). The number of carbonyl (C=O) groups is 3. The lowest BCUT2D eigenvalue weighted by Gasteiger charge is -2.24. The summed E-state index contributed by atoms with van der Waals surface area (Å²) >= 11 is 1.48. The van der Waals surface area contributed by atoms with Gasteiger partial charge in [-0.15, -0.1) is 11.3 Å². The number of amides is 2. The number of hydrogen-bond acceptors (Lipinski definition) is 8. The largest absolute Gasteiger partial charge is 0.326 e. The SMILES string of the molecule is CC(=O)c1nn(CC(=O)N2C[C@H](F)C[C@H]2C(=O)Nc2cccc(-c3ccc4scnc4c3)c2F)c2ccc(-c3cnc(C)nc3)cc12. The van der Waals surface area contributed by atoms with E-state index in [1.807, 2.05) is 12.1 Å². The van der Waals surface area contributed by atoms with Crippen molar-refractivity contribution < 1.29 is 23.2 Å². The minimum absolute atomic E-state index is 0.0838. The molecule has 236 valence electrons. The van der Waals surface area contributed by atoms with E-state index < -0.39 is 29.8 Å². The van der Waals surface area contributed by atoms with Crippen molar-refractivity contribution >= 4 is 55.7 Å². The lowest BCUT2D eigenvalue weighted by molar-refractivity contribution is -0.137. The zero-order valence-electron chi connectivity index (χ0n) is 25.3. The average Bonchev–Trinajstić information content (AvgIpc) is 3.79. The summed E-state index contributed by atoms with van der Waals surface area (Å²) in [5.41, 5.74) is 5.43. The lowest BCUT2D eigenvalue weighted by Crippen LogP contribution is -2.44. The fraction of sp³-hybridized carbons (Fsp3) is 0.206. The molecule has 1 fully saturated rings. The summed E-state index contributed by atoms with van der Waals surface area (Å²) in [6, 6.07) is 14.2. The van der Waals surface area contributed by atoms with Crippen molar-refractivity contribution in [2.24, 2.45) is 0 Å². The third-order valence-electron chi connectivity index (χ3n) is 8.25. The molecule has 4 heterocycles. The summed E-state index contributed by atoms with van der Waals surface area (Å²) in [6.45, 7) is 2.53. The normalized spacial score (nSPS) is 16.2. The van der Waals surface area contributed by atoms with E-state index in [-0.39, 0.29) is 42.2 Å². The van der Waals surface area contributed by atoms with Crippen molar-refractivity contribution in [3.05, 3.63) is 89.8 Å². The van der Waals surface area contributed by atoms with Crippen LogP contribution in [0.25, 0.3) is 43.4 Å². The molecule has 0 spiro atoms.